The van der Waals surface area contributed by atoms with Crippen molar-refractivity contribution >= 4 is 31.9 Å². The van der Waals surface area contributed by atoms with Gasteiger partial charge in [0, 0.05) is 20.7 Å². The Kier molecular flexibility index (Phi) is 4.48. The van der Waals surface area contributed by atoms with Crippen molar-refractivity contribution in [3.8, 4) is 0 Å². The third-order valence-corrected chi connectivity index (χ3v) is 5.07. The number of nitrogens with zero attached hydrogens (tertiary/aromatic N) is 1. The van der Waals surface area contributed by atoms with Crippen molar-refractivity contribution < 1.29 is 5.11 Å². The van der Waals surface area contributed by atoms with Crippen molar-refractivity contribution in [3.63, 3.8) is 0 Å². The molecule has 2 aromatic rings. The molecule has 0 spiro atoms. The van der Waals surface area contributed by atoms with E-state index >= 15 is 0 Å². The summed E-state index contributed by atoms with van der Waals surface area (Å²) in [6, 6.07) is 6.45. The largest absolute Gasteiger partial charge is 0.382 e. The van der Waals surface area contributed by atoms with E-state index in [4.69, 9.17) is 0 Å². The quantitative estimate of drug-likeness (QED) is 0.775. The molecule has 1 unspecified atom stereocenters. The first-order valence-electron chi connectivity index (χ1n) is 7.23. The summed E-state index contributed by atoms with van der Waals surface area (Å²) >= 11 is 7.11. The smallest absolute Gasteiger partial charge is 0.123 e. The van der Waals surface area contributed by atoms with Gasteiger partial charge >= 0.3 is 0 Å². The number of hydrogen-bond acceptors (Lipinski definition) is 2. The normalized spacial score (nSPS) is 17.0. The second-order valence-electron chi connectivity index (χ2n) is 5.50. The van der Waals surface area contributed by atoms with Crippen LogP contribution in [0.2, 0.25) is 0 Å². The van der Waals surface area contributed by atoms with Gasteiger partial charge < -0.3 is 5.11 Å². The van der Waals surface area contributed by atoms with E-state index in [1.807, 2.05) is 0 Å². The fraction of sp³-hybridized carbons (Fsp3) is 0.353. The number of aliphatic hydroxyl groups is 1. The number of pyridine rings is 1. The Bertz CT molecular complexity index is 685. The average Bonchev–Trinajstić information content (AvgIpc) is 2.57. The van der Waals surface area contributed by atoms with Crippen molar-refractivity contribution in [1.29, 1.82) is 0 Å². The minimum Gasteiger partial charge on any atom is -0.382 e. The topological polar surface area (TPSA) is 33.1 Å². The number of aryl methyl sites for hydroxylation is 3. The highest BCUT2D eigenvalue weighted by Gasteiger charge is 2.25. The predicted octanol–water partition coefficient (Wildman–Crippen LogP) is 4.74. The van der Waals surface area contributed by atoms with Gasteiger partial charge in [-0.3, -0.25) is 4.98 Å². The predicted molar refractivity (Wildman–Crippen MR) is 91.5 cm³/mol. The standard InChI is InChI=1S/C17H17Br2NO/c1-2-3-10-6-11-4-5-12-8-13(18)9-20-16(12)17(21)15(11)14(19)7-10/h6-9,17,21H,2-5H2,1H3. The summed E-state index contributed by atoms with van der Waals surface area (Å²) in [7, 11) is 0. The molecular formula is C17H17Br2NO. The van der Waals surface area contributed by atoms with Gasteiger partial charge in [0.15, 0.2) is 0 Å². The number of aliphatic hydroxyl groups excluding tert-OH is 1. The number of benzene rings is 1. The number of aromatic nitrogens is 1. The number of hydrogen-bond donors (Lipinski definition) is 1. The molecule has 1 aliphatic rings. The summed E-state index contributed by atoms with van der Waals surface area (Å²) in [4.78, 5) is 4.44. The highest BCUT2D eigenvalue weighted by atomic mass is 79.9. The minimum atomic E-state index is -0.657. The van der Waals surface area contributed by atoms with Crippen molar-refractivity contribution in [1.82, 2.24) is 4.98 Å². The van der Waals surface area contributed by atoms with Gasteiger partial charge in [-0.2, -0.15) is 0 Å². The van der Waals surface area contributed by atoms with Crippen LogP contribution in [0.25, 0.3) is 0 Å². The molecule has 1 atom stereocenters. The minimum absolute atomic E-state index is 0.657. The van der Waals surface area contributed by atoms with Gasteiger partial charge in [0.25, 0.3) is 0 Å². The lowest BCUT2D eigenvalue weighted by atomic mass is 9.96. The van der Waals surface area contributed by atoms with Crippen LogP contribution in [0.4, 0.5) is 0 Å². The third kappa shape index (κ3) is 2.94. The van der Waals surface area contributed by atoms with E-state index < -0.39 is 6.10 Å². The van der Waals surface area contributed by atoms with E-state index in [2.05, 4.69) is 62.0 Å². The van der Waals surface area contributed by atoms with Crippen LogP contribution < -0.4 is 0 Å². The zero-order valence-electron chi connectivity index (χ0n) is 11.9. The fourth-order valence-electron chi connectivity index (χ4n) is 3.03. The van der Waals surface area contributed by atoms with Crippen molar-refractivity contribution in [3.05, 3.63) is 61.3 Å². The van der Waals surface area contributed by atoms with Gasteiger partial charge in [-0.05, 0) is 64.0 Å². The lowest BCUT2D eigenvalue weighted by Gasteiger charge is -2.17. The van der Waals surface area contributed by atoms with Crippen LogP contribution in [0.3, 0.4) is 0 Å². The molecule has 0 bridgehead atoms. The summed E-state index contributed by atoms with van der Waals surface area (Å²) in [5, 5.41) is 10.8. The number of halogens is 2. The Morgan fingerprint density at radius 1 is 1.19 bits per heavy atom. The molecular weight excluding hydrogens is 394 g/mol. The maximum absolute atomic E-state index is 10.8. The lowest BCUT2D eigenvalue weighted by molar-refractivity contribution is 0.213. The SMILES string of the molecule is CCCc1cc(Br)c2c(c1)CCc1cc(Br)cnc1C2O. The molecule has 2 nitrogen and oxygen atoms in total. The zero-order chi connectivity index (χ0) is 15.0. The van der Waals surface area contributed by atoms with Crippen LogP contribution in [-0.4, -0.2) is 10.1 Å². The number of rotatable bonds is 2. The van der Waals surface area contributed by atoms with Crippen LogP contribution in [-0.2, 0) is 19.3 Å². The van der Waals surface area contributed by atoms with Crippen LogP contribution in [0.1, 0.15) is 47.4 Å². The fourth-order valence-corrected chi connectivity index (χ4v) is 4.17. The Balaban J connectivity index is 2.11. The molecule has 0 fully saturated rings. The summed E-state index contributed by atoms with van der Waals surface area (Å²) in [6.45, 7) is 2.19. The molecule has 1 aromatic carbocycles. The van der Waals surface area contributed by atoms with Gasteiger partial charge in [0.05, 0.1) is 5.69 Å². The molecule has 21 heavy (non-hydrogen) atoms. The van der Waals surface area contributed by atoms with Gasteiger partial charge in [-0.1, -0.05) is 35.3 Å². The van der Waals surface area contributed by atoms with Crippen LogP contribution in [0.5, 0.6) is 0 Å². The first-order valence-corrected chi connectivity index (χ1v) is 8.82. The van der Waals surface area contributed by atoms with E-state index in [1.54, 1.807) is 6.20 Å². The van der Waals surface area contributed by atoms with E-state index in [-0.39, 0.29) is 0 Å². The first-order chi connectivity index (χ1) is 10.1. The van der Waals surface area contributed by atoms with Crippen molar-refractivity contribution in [2.24, 2.45) is 0 Å². The average molecular weight is 411 g/mol. The molecule has 0 aliphatic heterocycles. The Hall–Kier alpha value is -0.710. The maximum atomic E-state index is 10.8. The Morgan fingerprint density at radius 3 is 2.71 bits per heavy atom. The lowest BCUT2D eigenvalue weighted by Crippen LogP contribution is -2.06. The summed E-state index contributed by atoms with van der Waals surface area (Å²) in [5.41, 5.74) is 5.44. The maximum Gasteiger partial charge on any atom is 0.123 e. The molecule has 3 rings (SSSR count). The molecule has 0 saturated carbocycles. The molecule has 1 heterocycles. The van der Waals surface area contributed by atoms with Crippen LogP contribution in [0.15, 0.2) is 33.3 Å². The van der Waals surface area contributed by atoms with Crippen LogP contribution >= 0.6 is 31.9 Å². The molecule has 1 aliphatic carbocycles. The molecule has 0 amide bonds. The second-order valence-corrected chi connectivity index (χ2v) is 7.27. The highest BCUT2D eigenvalue weighted by molar-refractivity contribution is 9.10. The van der Waals surface area contributed by atoms with E-state index in [0.717, 1.165) is 51.4 Å². The van der Waals surface area contributed by atoms with E-state index in [0.29, 0.717) is 0 Å². The molecule has 4 heteroatoms. The second kappa shape index (κ2) is 6.19. The van der Waals surface area contributed by atoms with Gasteiger partial charge in [-0.25, -0.2) is 0 Å². The van der Waals surface area contributed by atoms with Gasteiger partial charge in [0.1, 0.15) is 6.10 Å². The van der Waals surface area contributed by atoms with Gasteiger partial charge in [0.2, 0.25) is 0 Å². The van der Waals surface area contributed by atoms with Crippen molar-refractivity contribution in [2.75, 3.05) is 0 Å². The summed E-state index contributed by atoms with van der Waals surface area (Å²) < 4.78 is 1.96. The summed E-state index contributed by atoms with van der Waals surface area (Å²) in [6.07, 6.45) is 5.14. The molecule has 0 radical (unpaired) electrons. The highest BCUT2D eigenvalue weighted by Crippen LogP contribution is 2.37. The molecule has 1 N–H and O–H groups in total. The van der Waals surface area contributed by atoms with Crippen molar-refractivity contribution in [2.45, 2.75) is 38.7 Å². The molecule has 110 valence electrons. The van der Waals surface area contributed by atoms with E-state index in [9.17, 15) is 5.11 Å². The molecule has 1 aromatic heterocycles. The zero-order valence-corrected chi connectivity index (χ0v) is 15.0. The first kappa shape index (κ1) is 15.2. The third-order valence-electron chi connectivity index (χ3n) is 3.98. The summed E-state index contributed by atoms with van der Waals surface area (Å²) in [5.74, 6) is 0. The van der Waals surface area contributed by atoms with Crippen LogP contribution in [0, 0.1) is 0 Å². The number of fused-ring (bicyclic) bond motifs is 2. The Labute approximate surface area is 141 Å². The monoisotopic (exact) mass is 409 g/mol. The van der Waals surface area contributed by atoms with Gasteiger partial charge in [-0.15, -0.1) is 0 Å². The van der Waals surface area contributed by atoms with E-state index in [1.165, 1.54) is 11.1 Å². The molecule has 0 saturated heterocycles. The Morgan fingerprint density at radius 2 is 1.95 bits per heavy atom.